The van der Waals surface area contributed by atoms with Crippen LogP contribution in [0.1, 0.15) is 33.6 Å². The number of amides is 1. The molecule has 1 aromatic rings. The van der Waals surface area contributed by atoms with Crippen LogP contribution in [0, 0.1) is 5.92 Å². The van der Waals surface area contributed by atoms with E-state index in [0.29, 0.717) is 18.0 Å². The Morgan fingerprint density at radius 2 is 1.84 bits per heavy atom. The van der Waals surface area contributed by atoms with Gasteiger partial charge in [0.25, 0.3) is 5.91 Å². The smallest absolute Gasteiger partial charge is 0.306 e. The van der Waals surface area contributed by atoms with Crippen molar-refractivity contribution in [3.8, 4) is 0 Å². The lowest BCUT2D eigenvalue weighted by atomic mass is 10.1. The molecule has 0 heterocycles. The Hall–Kier alpha value is -1.93. The average Bonchev–Trinajstić information content (AvgIpc) is 2.52. The van der Waals surface area contributed by atoms with Crippen LogP contribution >= 0.6 is 0 Å². The summed E-state index contributed by atoms with van der Waals surface area (Å²) in [5, 5.41) is 2.56. The van der Waals surface area contributed by atoms with Crippen LogP contribution in [0.5, 0.6) is 0 Å². The summed E-state index contributed by atoms with van der Waals surface area (Å²) in [7, 11) is -0.734. The second-order valence-electron chi connectivity index (χ2n) is 6.37. The van der Waals surface area contributed by atoms with Gasteiger partial charge < -0.3 is 10.1 Å². The van der Waals surface area contributed by atoms with Crippen LogP contribution in [0.4, 0.5) is 5.69 Å². The van der Waals surface area contributed by atoms with Crippen molar-refractivity contribution in [3.63, 3.8) is 0 Å². The Labute approximate surface area is 149 Å². The maximum Gasteiger partial charge on any atom is 0.306 e. The molecule has 0 aromatic heterocycles. The number of hydrogen-bond acceptors (Lipinski definition) is 5. The lowest BCUT2D eigenvalue weighted by Gasteiger charge is -2.15. The molecule has 0 radical (unpaired) electrons. The highest BCUT2D eigenvalue weighted by Crippen LogP contribution is 2.18. The first-order valence-electron chi connectivity index (χ1n) is 8.07. The zero-order valence-corrected chi connectivity index (χ0v) is 16.1. The predicted octanol–water partition coefficient (Wildman–Crippen LogP) is 2.24. The number of anilines is 1. The fourth-order valence-corrected chi connectivity index (χ4v) is 2.85. The zero-order valence-electron chi connectivity index (χ0n) is 15.3. The first-order chi connectivity index (χ1) is 11.5. The summed E-state index contributed by atoms with van der Waals surface area (Å²) < 4.78 is 30.4. The molecular formula is C17H26N2O5S. The van der Waals surface area contributed by atoms with E-state index in [2.05, 4.69) is 5.32 Å². The quantitative estimate of drug-likeness (QED) is 0.709. The molecule has 0 unspecified atom stereocenters. The number of nitrogens with one attached hydrogen (secondary N) is 1. The SMILES string of the molecule is CC(C)CCC(=O)O[C@H](C)C(=O)Nc1cccc(S(=O)(=O)N(C)C)c1. The minimum absolute atomic E-state index is 0.0666. The number of rotatable bonds is 8. The van der Waals surface area contributed by atoms with Crippen molar-refractivity contribution in [2.75, 3.05) is 19.4 Å². The highest BCUT2D eigenvalue weighted by Gasteiger charge is 2.20. The van der Waals surface area contributed by atoms with Gasteiger partial charge in [0, 0.05) is 26.2 Å². The number of nitrogens with zero attached hydrogens (tertiary/aromatic N) is 1. The van der Waals surface area contributed by atoms with Gasteiger partial charge >= 0.3 is 5.97 Å². The molecule has 1 N–H and O–H groups in total. The molecule has 1 aromatic carbocycles. The number of esters is 1. The monoisotopic (exact) mass is 370 g/mol. The van der Waals surface area contributed by atoms with Gasteiger partial charge in [-0.3, -0.25) is 9.59 Å². The third kappa shape index (κ3) is 6.47. The van der Waals surface area contributed by atoms with Gasteiger partial charge in [-0.25, -0.2) is 12.7 Å². The van der Waals surface area contributed by atoms with Crippen molar-refractivity contribution in [2.45, 2.75) is 44.6 Å². The highest BCUT2D eigenvalue weighted by atomic mass is 32.2. The first kappa shape index (κ1) is 21.1. The van der Waals surface area contributed by atoms with Crippen LogP contribution in [0.15, 0.2) is 29.2 Å². The predicted molar refractivity (Wildman–Crippen MR) is 95.6 cm³/mol. The molecular weight excluding hydrogens is 344 g/mol. The molecule has 1 amide bonds. The molecule has 0 saturated carbocycles. The van der Waals surface area contributed by atoms with Gasteiger partial charge in [0.05, 0.1) is 4.90 Å². The summed E-state index contributed by atoms with van der Waals surface area (Å²) >= 11 is 0. The minimum atomic E-state index is -3.59. The zero-order chi connectivity index (χ0) is 19.2. The first-order valence-corrected chi connectivity index (χ1v) is 9.51. The molecule has 140 valence electrons. The van der Waals surface area contributed by atoms with E-state index in [4.69, 9.17) is 4.74 Å². The van der Waals surface area contributed by atoms with Crippen LogP contribution in [0.2, 0.25) is 0 Å². The molecule has 25 heavy (non-hydrogen) atoms. The molecule has 0 aliphatic carbocycles. The van der Waals surface area contributed by atoms with Crippen LogP contribution < -0.4 is 5.32 Å². The summed E-state index contributed by atoms with van der Waals surface area (Å²) in [4.78, 5) is 23.9. The van der Waals surface area contributed by atoms with E-state index in [9.17, 15) is 18.0 Å². The summed E-state index contributed by atoms with van der Waals surface area (Å²) in [6.45, 7) is 5.47. The molecule has 7 nitrogen and oxygen atoms in total. The lowest BCUT2D eigenvalue weighted by molar-refractivity contribution is -0.153. The number of benzene rings is 1. The Morgan fingerprint density at radius 3 is 2.40 bits per heavy atom. The second-order valence-corrected chi connectivity index (χ2v) is 8.52. The number of carbonyl (C=O) groups is 2. The van der Waals surface area contributed by atoms with Crippen molar-refractivity contribution >= 4 is 27.6 Å². The Kier molecular flexibility index (Phi) is 7.57. The largest absolute Gasteiger partial charge is 0.453 e. The topological polar surface area (TPSA) is 92.8 Å². The molecule has 0 fully saturated rings. The summed E-state index contributed by atoms with van der Waals surface area (Å²) in [5.41, 5.74) is 0.318. The minimum Gasteiger partial charge on any atom is -0.453 e. The van der Waals surface area contributed by atoms with Crippen molar-refractivity contribution in [1.82, 2.24) is 4.31 Å². The summed E-state index contributed by atoms with van der Waals surface area (Å²) in [6, 6.07) is 5.91. The lowest BCUT2D eigenvalue weighted by Crippen LogP contribution is -2.30. The van der Waals surface area contributed by atoms with Gasteiger partial charge in [0.1, 0.15) is 0 Å². The molecule has 0 bridgehead atoms. The van der Waals surface area contributed by atoms with Crippen LogP contribution in [-0.4, -0.2) is 44.8 Å². The number of carbonyl (C=O) groups excluding carboxylic acids is 2. The third-order valence-electron chi connectivity index (χ3n) is 3.48. The molecule has 1 rings (SSSR count). The Bertz CT molecular complexity index is 714. The normalized spacial score (nSPS) is 12.9. The highest BCUT2D eigenvalue weighted by molar-refractivity contribution is 7.89. The van der Waals surface area contributed by atoms with Gasteiger partial charge in [0.15, 0.2) is 6.10 Å². The Balaban J connectivity index is 2.73. The Morgan fingerprint density at radius 1 is 1.20 bits per heavy atom. The van der Waals surface area contributed by atoms with Crippen molar-refractivity contribution in [1.29, 1.82) is 0 Å². The summed E-state index contributed by atoms with van der Waals surface area (Å²) in [6.07, 6.45) is -0.0162. The average molecular weight is 370 g/mol. The maximum atomic E-state index is 12.1. The van der Waals surface area contributed by atoms with Gasteiger partial charge in [-0.15, -0.1) is 0 Å². The van der Waals surface area contributed by atoms with Crippen molar-refractivity contribution < 1.29 is 22.7 Å². The van der Waals surface area contributed by atoms with Gasteiger partial charge in [-0.05, 0) is 37.5 Å². The fourth-order valence-electron chi connectivity index (χ4n) is 1.91. The van der Waals surface area contributed by atoms with Crippen molar-refractivity contribution in [3.05, 3.63) is 24.3 Å². The molecule has 8 heteroatoms. The number of sulfonamides is 1. The van der Waals surface area contributed by atoms with E-state index >= 15 is 0 Å². The third-order valence-corrected chi connectivity index (χ3v) is 5.29. The molecule has 1 atom stereocenters. The van der Waals surface area contributed by atoms with E-state index < -0.39 is 28.0 Å². The number of hydrogen-bond donors (Lipinski definition) is 1. The van der Waals surface area contributed by atoms with Crippen LogP contribution in [0.25, 0.3) is 0 Å². The number of ether oxygens (including phenoxy) is 1. The summed E-state index contributed by atoms with van der Waals surface area (Å²) in [5.74, 6) is -0.573. The van der Waals surface area contributed by atoms with E-state index in [1.807, 2.05) is 13.8 Å². The van der Waals surface area contributed by atoms with Crippen molar-refractivity contribution in [2.24, 2.45) is 5.92 Å². The van der Waals surface area contributed by atoms with Gasteiger partial charge in [-0.2, -0.15) is 0 Å². The second kappa shape index (κ2) is 8.96. The van der Waals surface area contributed by atoms with E-state index in [1.54, 1.807) is 6.07 Å². The molecule has 0 saturated heterocycles. The van der Waals surface area contributed by atoms with Crippen LogP contribution in [-0.2, 0) is 24.3 Å². The van der Waals surface area contributed by atoms with Gasteiger partial charge in [-0.1, -0.05) is 19.9 Å². The molecule has 0 aliphatic rings. The van der Waals surface area contributed by atoms with E-state index in [-0.39, 0.29) is 11.3 Å². The van der Waals surface area contributed by atoms with Crippen LogP contribution in [0.3, 0.4) is 0 Å². The fraction of sp³-hybridized carbons (Fsp3) is 0.529. The molecule has 0 spiro atoms. The molecule has 0 aliphatic heterocycles. The van der Waals surface area contributed by atoms with E-state index in [0.717, 1.165) is 4.31 Å². The standard InChI is InChI=1S/C17H26N2O5S/c1-12(2)9-10-16(20)24-13(3)17(21)18-14-7-6-8-15(11-14)25(22,23)19(4)5/h6-8,11-13H,9-10H2,1-5H3,(H,18,21)/t13-/m1/s1. The van der Waals surface area contributed by atoms with E-state index in [1.165, 1.54) is 39.2 Å². The van der Waals surface area contributed by atoms with Gasteiger partial charge in [0.2, 0.25) is 10.0 Å². The maximum absolute atomic E-state index is 12.1.